The van der Waals surface area contributed by atoms with Gasteiger partial charge in [-0.05, 0) is 17.7 Å². The topological polar surface area (TPSA) is 53.4 Å². The molecule has 4 nitrogen and oxygen atoms in total. The van der Waals surface area contributed by atoms with E-state index in [0.717, 1.165) is 17.1 Å². The van der Waals surface area contributed by atoms with Gasteiger partial charge in [-0.1, -0.05) is 42.5 Å². The summed E-state index contributed by atoms with van der Waals surface area (Å²) in [6, 6.07) is 18.3. The highest BCUT2D eigenvalue weighted by Crippen LogP contribution is 2.24. The van der Waals surface area contributed by atoms with Gasteiger partial charge >= 0.3 is 5.97 Å². The molecule has 0 aliphatic carbocycles. The molecule has 1 aromatic heterocycles. The highest BCUT2D eigenvalue weighted by Gasteiger charge is 2.10. The van der Waals surface area contributed by atoms with Crippen LogP contribution in [0.2, 0.25) is 0 Å². The molecule has 0 fully saturated rings. The number of thiazole rings is 1. The fourth-order valence-corrected chi connectivity index (χ4v) is 3.10. The number of carboxylic acids is 1. The SMILES string of the molecule is CN(Cc1ccc(-c2nc(C(=O)O)cs2)cc1)c1ccccc1. The molecule has 0 amide bonds. The van der Waals surface area contributed by atoms with Crippen LogP contribution in [-0.2, 0) is 6.54 Å². The van der Waals surface area contributed by atoms with E-state index in [-0.39, 0.29) is 5.69 Å². The van der Waals surface area contributed by atoms with Crippen LogP contribution in [0.1, 0.15) is 16.1 Å². The van der Waals surface area contributed by atoms with Crippen molar-refractivity contribution in [2.75, 3.05) is 11.9 Å². The van der Waals surface area contributed by atoms with Crippen LogP contribution in [0.25, 0.3) is 10.6 Å². The summed E-state index contributed by atoms with van der Waals surface area (Å²) in [7, 11) is 2.06. The van der Waals surface area contributed by atoms with Gasteiger partial charge in [-0.2, -0.15) is 0 Å². The highest BCUT2D eigenvalue weighted by atomic mass is 32.1. The smallest absolute Gasteiger partial charge is 0.355 e. The van der Waals surface area contributed by atoms with Crippen LogP contribution in [-0.4, -0.2) is 23.1 Å². The van der Waals surface area contributed by atoms with Gasteiger partial charge in [0.2, 0.25) is 0 Å². The Hall–Kier alpha value is -2.66. The summed E-state index contributed by atoms with van der Waals surface area (Å²) in [4.78, 5) is 17.2. The molecule has 1 N–H and O–H groups in total. The monoisotopic (exact) mass is 324 g/mol. The lowest BCUT2D eigenvalue weighted by Crippen LogP contribution is -2.15. The predicted molar refractivity (Wildman–Crippen MR) is 93.1 cm³/mol. The number of benzene rings is 2. The second-order valence-corrected chi connectivity index (χ2v) is 6.09. The standard InChI is InChI=1S/C18H16N2O2S/c1-20(15-5-3-2-4-6-15)11-13-7-9-14(10-8-13)17-19-16(12-23-17)18(21)22/h2-10,12H,11H2,1H3,(H,21,22). The number of anilines is 1. The van der Waals surface area contributed by atoms with Crippen molar-refractivity contribution in [2.24, 2.45) is 0 Å². The van der Waals surface area contributed by atoms with Gasteiger partial charge < -0.3 is 10.0 Å². The minimum absolute atomic E-state index is 0.0953. The van der Waals surface area contributed by atoms with Crippen molar-refractivity contribution in [3.05, 3.63) is 71.2 Å². The zero-order valence-corrected chi connectivity index (χ0v) is 13.5. The molecule has 0 spiro atoms. The molecule has 0 unspecified atom stereocenters. The lowest BCUT2D eigenvalue weighted by molar-refractivity contribution is 0.0691. The number of aromatic nitrogens is 1. The van der Waals surface area contributed by atoms with Gasteiger partial charge in [-0.25, -0.2) is 9.78 Å². The Morgan fingerprint density at radius 1 is 1.13 bits per heavy atom. The molecule has 0 aliphatic rings. The highest BCUT2D eigenvalue weighted by molar-refractivity contribution is 7.13. The lowest BCUT2D eigenvalue weighted by atomic mass is 10.1. The number of hydrogen-bond acceptors (Lipinski definition) is 4. The minimum atomic E-state index is -0.992. The van der Waals surface area contributed by atoms with E-state index >= 15 is 0 Å². The van der Waals surface area contributed by atoms with Crippen LogP contribution >= 0.6 is 11.3 Å². The maximum atomic E-state index is 10.9. The predicted octanol–water partition coefficient (Wildman–Crippen LogP) is 4.14. The van der Waals surface area contributed by atoms with Crippen molar-refractivity contribution in [2.45, 2.75) is 6.54 Å². The van der Waals surface area contributed by atoms with Crippen molar-refractivity contribution in [1.29, 1.82) is 0 Å². The van der Waals surface area contributed by atoms with Crippen LogP contribution in [0.5, 0.6) is 0 Å². The number of carbonyl (C=O) groups is 1. The van der Waals surface area contributed by atoms with Crippen LogP contribution in [0.4, 0.5) is 5.69 Å². The van der Waals surface area contributed by atoms with Gasteiger partial charge in [-0.3, -0.25) is 0 Å². The Bertz CT molecular complexity index is 797. The third kappa shape index (κ3) is 3.57. The Kier molecular flexibility index (Phi) is 4.39. The van der Waals surface area contributed by atoms with Gasteiger partial charge in [0, 0.05) is 30.2 Å². The molecule has 1 heterocycles. The first-order valence-electron chi connectivity index (χ1n) is 7.18. The lowest BCUT2D eigenvalue weighted by Gasteiger charge is -2.19. The average Bonchev–Trinajstić information content (AvgIpc) is 3.07. The average molecular weight is 324 g/mol. The summed E-state index contributed by atoms with van der Waals surface area (Å²) >= 11 is 1.35. The second kappa shape index (κ2) is 6.62. The molecule has 2 aromatic carbocycles. The molecule has 23 heavy (non-hydrogen) atoms. The molecule has 0 saturated heterocycles. The van der Waals surface area contributed by atoms with E-state index in [9.17, 15) is 4.79 Å². The molecular formula is C18H16N2O2S. The van der Waals surface area contributed by atoms with E-state index in [1.807, 2.05) is 30.3 Å². The van der Waals surface area contributed by atoms with E-state index in [1.54, 1.807) is 5.38 Å². The molecule has 116 valence electrons. The Morgan fingerprint density at radius 2 is 1.83 bits per heavy atom. The van der Waals surface area contributed by atoms with Crippen molar-refractivity contribution in [3.8, 4) is 10.6 Å². The molecule has 3 aromatic rings. The molecule has 0 bridgehead atoms. The molecule has 3 rings (SSSR count). The maximum absolute atomic E-state index is 10.9. The van der Waals surface area contributed by atoms with Crippen molar-refractivity contribution >= 4 is 23.0 Å². The van der Waals surface area contributed by atoms with Gasteiger partial charge in [0.25, 0.3) is 0 Å². The number of rotatable bonds is 5. The van der Waals surface area contributed by atoms with E-state index < -0.39 is 5.97 Å². The van der Waals surface area contributed by atoms with Crippen molar-refractivity contribution < 1.29 is 9.90 Å². The molecule has 5 heteroatoms. The number of carboxylic acid groups (broad SMARTS) is 1. The van der Waals surface area contributed by atoms with Crippen LogP contribution < -0.4 is 4.90 Å². The minimum Gasteiger partial charge on any atom is -0.476 e. The molecule has 0 saturated carbocycles. The number of aromatic carboxylic acids is 1. The molecule has 0 atom stereocenters. The Labute approximate surface area is 138 Å². The normalized spacial score (nSPS) is 10.5. The third-order valence-electron chi connectivity index (χ3n) is 3.54. The first kappa shape index (κ1) is 15.2. The van der Waals surface area contributed by atoms with Gasteiger partial charge in [-0.15, -0.1) is 11.3 Å². The van der Waals surface area contributed by atoms with Crippen LogP contribution in [0.3, 0.4) is 0 Å². The molecular weight excluding hydrogens is 308 g/mol. The fourth-order valence-electron chi connectivity index (χ4n) is 2.30. The summed E-state index contributed by atoms with van der Waals surface area (Å²) in [6.45, 7) is 0.808. The van der Waals surface area contributed by atoms with Crippen LogP contribution in [0, 0.1) is 0 Å². The second-order valence-electron chi connectivity index (χ2n) is 5.23. The Balaban J connectivity index is 1.73. The summed E-state index contributed by atoms with van der Waals surface area (Å²) < 4.78 is 0. The number of hydrogen-bond donors (Lipinski definition) is 1. The van der Waals surface area contributed by atoms with Crippen molar-refractivity contribution in [1.82, 2.24) is 4.98 Å². The van der Waals surface area contributed by atoms with E-state index in [4.69, 9.17) is 5.11 Å². The first-order valence-corrected chi connectivity index (χ1v) is 8.06. The first-order chi connectivity index (χ1) is 11.1. The summed E-state index contributed by atoms with van der Waals surface area (Å²) in [5.74, 6) is -0.992. The van der Waals surface area contributed by atoms with E-state index in [2.05, 4.69) is 41.2 Å². The fraction of sp³-hybridized carbons (Fsp3) is 0.111. The number of nitrogens with zero attached hydrogens (tertiary/aromatic N) is 2. The van der Waals surface area contributed by atoms with E-state index in [0.29, 0.717) is 0 Å². The zero-order chi connectivity index (χ0) is 16.2. The zero-order valence-electron chi connectivity index (χ0n) is 12.6. The van der Waals surface area contributed by atoms with Gasteiger partial charge in [0.05, 0.1) is 0 Å². The maximum Gasteiger partial charge on any atom is 0.355 e. The number of para-hydroxylation sites is 1. The van der Waals surface area contributed by atoms with Crippen molar-refractivity contribution in [3.63, 3.8) is 0 Å². The summed E-state index contributed by atoms with van der Waals surface area (Å²) in [5, 5.41) is 11.2. The third-order valence-corrected chi connectivity index (χ3v) is 4.43. The van der Waals surface area contributed by atoms with Gasteiger partial charge in [0.15, 0.2) is 5.69 Å². The van der Waals surface area contributed by atoms with E-state index in [1.165, 1.54) is 22.6 Å². The largest absolute Gasteiger partial charge is 0.476 e. The molecule has 0 aliphatic heterocycles. The Morgan fingerprint density at radius 3 is 2.43 bits per heavy atom. The quantitative estimate of drug-likeness (QED) is 0.766. The summed E-state index contributed by atoms with van der Waals surface area (Å²) in [5.41, 5.74) is 3.39. The summed E-state index contributed by atoms with van der Waals surface area (Å²) in [6.07, 6.45) is 0. The van der Waals surface area contributed by atoms with Crippen LogP contribution in [0.15, 0.2) is 60.0 Å². The van der Waals surface area contributed by atoms with Gasteiger partial charge in [0.1, 0.15) is 5.01 Å². The molecule has 0 radical (unpaired) electrons.